The van der Waals surface area contributed by atoms with E-state index in [1.165, 1.54) is 0 Å². The monoisotopic (exact) mass is 197 g/mol. The molecule has 1 aliphatic heterocycles. The van der Waals surface area contributed by atoms with Crippen molar-refractivity contribution >= 4 is 5.69 Å². The summed E-state index contributed by atoms with van der Waals surface area (Å²) in [4.78, 5) is 0. The fourth-order valence-corrected chi connectivity index (χ4v) is 1.62. The van der Waals surface area contributed by atoms with Crippen LogP contribution >= 0.6 is 0 Å². The molecule has 14 heavy (non-hydrogen) atoms. The van der Waals surface area contributed by atoms with Crippen molar-refractivity contribution in [2.24, 2.45) is 7.05 Å². The Morgan fingerprint density at radius 3 is 2.93 bits per heavy atom. The van der Waals surface area contributed by atoms with Crippen molar-refractivity contribution in [3.05, 3.63) is 11.9 Å². The first-order chi connectivity index (χ1) is 6.66. The molecule has 5 nitrogen and oxygen atoms in total. The van der Waals surface area contributed by atoms with E-state index >= 15 is 0 Å². The second kappa shape index (κ2) is 3.59. The second-order valence-corrected chi connectivity index (χ2v) is 3.66. The van der Waals surface area contributed by atoms with Crippen LogP contribution in [0.3, 0.4) is 0 Å². The quantitative estimate of drug-likeness (QED) is 0.695. The predicted octanol–water partition coefficient (Wildman–Crippen LogP) is -0.0999. The Morgan fingerprint density at radius 2 is 2.43 bits per heavy atom. The number of hydrogen-bond donors (Lipinski definition) is 2. The molecule has 0 radical (unpaired) electrons. The molecule has 2 heterocycles. The predicted molar refractivity (Wildman–Crippen MR) is 52.2 cm³/mol. The minimum absolute atomic E-state index is 0.0158. The molecule has 2 atom stereocenters. The van der Waals surface area contributed by atoms with Gasteiger partial charge in [-0.15, -0.1) is 0 Å². The average molecular weight is 197 g/mol. The van der Waals surface area contributed by atoms with Crippen LogP contribution in [0.1, 0.15) is 5.69 Å². The number of nitrogens with one attached hydrogen (secondary N) is 1. The van der Waals surface area contributed by atoms with E-state index in [4.69, 9.17) is 4.74 Å². The van der Waals surface area contributed by atoms with Crippen molar-refractivity contribution in [1.29, 1.82) is 0 Å². The number of anilines is 1. The second-order valence-electron chi connectivity index (χ2n) is 3.66. The van der Waals surface area contributed by atoms with E-state index in [-0.39, 0.29) is 6.04 Å². The lowest BCUT2D eigenvalue weighted by Gasteiger charge is -2.14. The van der Waals surface area contributed by atoms with Gasteiger partial charge in [0.1, 0.15) is 0 Å². The lowest BCUT2D eigenvalue weighted by atomic mass is 10.2. The van der Waals surface area contributed by atoms with Gasteiger partial charge < -0.3 is 15.2 Å². The largest absolute Gasteiger partial charge is 0.388 e. The van der Waals surface area contributed by atoms with Gasteiger partial charge in [-0.3, -0.25) is 4.68 Å². The van der Waals surface area contributed by atoms with E-state index in [0.717, 1.165) is 11.4 Å². The smallest absolute Gasteiger partial charge is 0.0996 e. The van der Waals surface area contributed by atoms with Crippen LogP contribution in [0.2, 0.25) is 0 Å². The van der Waals surface area contributed by atoms with Crippen LogP contribution in [0.15, 0.2) is 6.20 Å². The number of aromatic nitrogens is 2. The highest BCUT2D eigenvalue weighted by Gasteiger charge is 2.26. The third kappa shape index (κ3) is 1.73. The standard InChI is InChI=1S/C9H15N3O2/c1-6-7(3-12(2)11-6)10-8-4-14-5-9(8)13/h3,8-10,13H,4-5H2,1-2H3. The highest BCUT2D eigenvalue weighted by molar-refractivity contribution is 5.46. The van der Waals surface area contributed by atoms with Gasteiger partial charge in [0.05, 0.1) is 36.7 Å². The summed E-state index contributed by atoms with van der Waals surface area (Å²) >= 11 is 0. The fraction of sp³-hybridized carbons (Fsp3) is 0.667. The number of rotatable bonds is 2. The molecular weight excluding hydrogens is 182 g/mol. The van der Waals surface area contributed by atoms with E-state index < -0.39 is 6.10 Å². The fourth-order valence-electron chi connectivity index (χ4n) is 1.62. The summed E-state index contributed by atoms with van der Waals surface area (Å²) in [7, 11) is 1.87. The molecule has 1 saturated heterocycles. The SMILES string of the molecule is Cc1nn(C)cc1NC1COCC1O. The van der Waals surface area contributed by atoms with Crippen molar-refractivity contribution in [3.63, 3.8) is 0 Å². The molecule has 0 spiro atoms. The van der Waals surface area contributed by atoms with Crippen LogP contribution in [-0.2, 0) is 11.8 Å². The zero-order chi connectivity index (χ0) is 10.1. The van der Waals surface area contributed by atoms with Gasteiger partial charge in [-0.05, 0) is 6.92 Å². The van der Waals surface area contributed by atoms with Crippen LogP contribution in [0.25, 0.3) is 0 Å². The van der Waals surface area contributed by atoms with E-state index in [2.05, 4.69) is 10.4 Å². The van der Waals surface area contributed by atoms with E-state index in [1.807, 2.05) is 20.2 Å². The number of aryl methyl sites for hydroxylation is 2. The number of aliphatic hydroxyl groups is 1. The van der Waals surface area contributed by atoms with Crippen LogP contribution in [-0.4, -0.2) is 40.2 Å². The molecule has 1 aromatic heterocycles. The third-order valence-corrected chi connectivity index (χ3v) is 2.40. The van der Waals surface area contributed by atoms with Gasteiger partial charge >= 0.3 is 0 Å². The Labute approximate surface area is 82.7 Å². The summed E-state index contributed by atoms with van der Waals surface area (Å²) in [6.07, 6.45) is 1.48. The van der Waals surface area contributed by atoms with Crippen molar-refractivity contribution in [3.8, 4) is 0 Å². The van der Waals surface area contributed by atoms with Gasteiger partial charge in [0.2, 0.25) is 0 Å². The Morgan fingerprint density at radius 1 is 1.64 bits per heavy atom. The highest BCUT2D eigenvalue weighted by atomic mass is 16.5. The van der Waals surface area contributed by atoms with Gasteiger partial charge in [-0.2, -0.15) is 5.10 Å². The van der Waals surface area contributed by atoms with Crippen LogP contribution < -0.4 is 5.32 Å². The Balaban J connectivity index is 2.06. The summed E-state index contributed by atoms with van der Waals surface area (Å²) in [5, 5.41) is 17.0. The summed E-state index contributed by atoms with van der Waals surface area (Å²) in [5.41, 5.74) is 1.90. The van der Waals surface area contributed by atoms with Crippen molar-refractivity contribution in [2.45, 2.75) is 19.1 Å². The van der Waals surface area contributed by atoms with Gasteiger partial charge in [0.15, 0.2) is 0 Å². The zero-order valence-electron chi connectivity index (χ0n) is 8.40. The molecule has 1 aliphatic rings. The molecule has 5 heteroatoms. The van der Waals surface area contributed by atoms with Gasteiger partial charge in [0.25, 0.3) is 0 Å². The summed E-state index contributed by atoms with van der Waals surface area (Å²) < 4.78 is 6.90. The lowest BCUT2D eigenvalue weighted by molar-refractivity contribution is 0.125. The molecule has 2 N–H and O–H groups in total. The molecule has 0 aliphatic carbocycles. The Kier molecular flexibility index (Phi) is 2.43. The minimum atomic E-state index is -0.422. The van der Waals surface area contributed by atoms with E-state index in [9.17, 15) is 5.11 Å². The lowest BCUT2D eigenvalue weighted by Crippen LogP contribution is -2.31. The van der Waals surface area contributed by atoms with Crippen LogP contribution in [0.5, 0.6) is 0 Å². The molecule has 0 saturated carbocycles. The van der Waals surface area contributed by atoms with Gasteiger partial charge in [-0.1, -0.05) is 0 Å². The molecule has 2 rings (SSSR count). The highest BCUT2D eigenvalue weighted by Crippen LogP contribution is 2.16. The molecule has 1 fully saturated rings. The number of ether oxygens (including phenoxy) is 1. The Bertz CT molecular complexity index is 324. The van der Waals surface area contributed by atoms with Crippen molar-refractivity contribution < 1.29 is 9.84 Å². The molecule has 0 amide bonds. The first-order valence-corrected chi connectivity index (χ1v) is 4.69. The first-order valence-electron chi connectivity index (χ1n) is 4.69. The molecule has 1 aromatic rings. The first kappa shape index (κ1) is 9.48. The number of aliphatic hydroxyl groups excluding tert-OH is 1. The van der Waals surface area contributed by atoms with Gasteiger partial charge in [0, 0.05) is 13.2 Å². The third-order valence-electron chi connectivity index (χ3n) is 2.40. The molecular formula is C9H15N3O2. The van der Waals surface area contributed by atoms with Crippen LogP contribution in [0.4, 0.5) is 5.69 Å². The molecule has 0 bridgehead atoms. The maximum atomic E-state index is 9.53. The van der Waals surface area contributed by atoms with E-state index in [1.54, 1.807) is 4.68 Å². The van der Waals surface area contributed by atoms with Gasteiger partial charge in [-0.25, -0.2) is 0 Å². The topological polar surface area (TPSA) is 59.3 Å². The van der Waals surface area contributed by atoms with Crippen molar-refractivity contribution in [2.75, 3.05) is 18.5 Å². The Hall–Kier alpha value is -1.07. The summed E-state index contributed by atoms with van der Waals surface area (Å²) in [6.45, 7) is 2.90. The summed E-state index contributed by atoms with van der Waals surface area (Å²) in [5.74, 6) is 0. The maximum Gasteiger partial charge on any atom is 0.0996 e. The normalized spacial score (nSPS) is 26.8. The van der Waals surface area contributed by atoms with Crippen LogP contribution in [0, 0.1) is 6.92 Å². The number of hydrogen-bond acceptors (Lipinski definition) is 4. The average Bonchev–Trinajstić information content (AvgIpc) is 2.62. The minimum Gasteiger partial charge on any atom is -0.388 e. The molecule has 2 unspecified atom stereocenters. The molecule has 0 aromatic carbocycles. The summed E-state index contributed by atoms with van der Waals surface area (Å²) in [6, 6.07) is -0.0158. The van der Waals surface area contributed by atoms with Crippen molar-refractivity contribution in [1.82, 2.24) is 9.78 Å². The zero-order valence-corrected chi connectivity index (χ0v) is 8.40. The van der Waals surface area contributed by atoms with E-state index in [0.29, 0.717) is 13.2 Å². The molecule has 78 valence electrons. The number of nitrogens with zero attached hydrogens (tertiary/aromatic N) is 2. The maximum absolute atomic E-state index is 9.53.